The number of rotatable bonds is 5. The number of nitriles is 1. The molecule has 2 N–H and O–H groups in total. The number of anilines is 1. The molecule has 30 heavy (non-hydrogen) atoms. The second-order valence-electron chi connectivity index (χ2n) is 6.01. The first-order chi connectivity index (χ1) is 14.1. The smallest absolute Gasteiger partial charge is 0.417 e. The number of amides is 1. The molecule has 12 heteroatoms. The Balaban J connectivity index is 1.81. The normalized spacial score (nSPS) is 12.4. The van der Waals surface area contributed by atoms with Gasteiger partial charge in [0.2, 0.25) is 18.3 Å². The third-order valence-electron chi connectivity index (χ3n) is 3.94. The van der Waals surface area contributed by atoms with Crippen molar-refractivity contribution in [2.75, 3.05) is 17.9 Å². The Bertz CT molecular complexity index is 1140. The summed E-state index contributed by atoms with van der Waals surface area (Å²) < 4.78 is 49.6. The minimum atomic E-state index is -4.90. The lowest BCUT2D eigenvalue weighted by molar-refractivity contribution is -0.138. The Morgan fingerprint density at radius 1 is 1.27 bits per heavy atom. The monoisotopic (exact) mass is 439 g/mol. The molecule has 0 saturated carbocycles. The number of Topliss-reactive ketones (excluding diaryl/α,β-unsaturated/α-hetero) is 1. The quantitative estimate of drug-likeness (QED) is 0.543. The maximum atomic E-state index is 13.1. The number of benzene rings is 1. The molecule has 8 nitrogen and oxygen atoms in total. The van der Waals surface area contributed by atoms with Crippen molar-refractivity contribution in [3.05, 3.63) is 45.2 Å². The van der Waals surface area contributed by atoms with Crippen molar-refractivity contribution in [1.29, 1.82) is 5.26 Å². The minimum Gasteiger partial charge on any atom is -0.454 e. The highest BCUT2D eigenvalue weighted by atomic mass is 32.2. The fraction of sp³-hybridized carbons (Fsp3) is 0.222. The fourth-order valence-electron chi connectivity index (χ4n) is 2.64. The third kappa shape index (κ3) is 4.41. The van der Waals surface area contributed by atoms with E-state index in [1.54, 1.807) is 0 Å². The first kappa shape index (κ1) is 21.3. The summed E-state index contributed by atoms with van der Waals surface area (Å²) in [5.41, 5.74) is -2.93. The molecule has 0 unspecified atom stereocenters. The lowest BCUT2D eigenvalue weighted by atomic mass is 10.1. The molecule has 1 aromatic heterocycles. The lowest BCUT2D eigenvalue weighted by Crippen LogP contribution is -2.19. The summed E-state index contributed by atoms with van der Waals surface area (Å²) in [4.78, 5) is 37.8. The van der Waals surface area contributed by atoms with Gasteiger partial charge in [-0.1, -0.05) is 11.8 Å². The zero-order chi connectivity index (χ0) is 22.1. The van der Waals surface area contributed by atoms with E-state index >= 15 is 0 Å². The van der Waals surface area contributed by atoms with Crippen molar-refractivity contribution in [1.82, 2.24) is 4.98 Å². The Morgan fingerprint density at radius 3 is 2.53 bits per heavy atom. The average Bonchev–Trinajstić information content (AvgIpc) is 3.11. The molecule has 3 rings (SSSR count). The van der Waals surface area contributed by atoms with E-state index in [0.29, 0.717) is 23.3 Å². The van der Waals surface area contributed by atoms with Gasteiger partial charge in [-0.05, 0) is 13.0 Å². The molecule has 156 valence electrons. The number of ketones is 1. The summed E-state index contributed by atoms with van der Waals surface area (Å²) in [5.74, 6) is -0.809. The first-order valence-electron chi connectivity index (χ1n) is 8.22. The van der Waals surface area contributed by atoms with E-state index in [9.17, 15) is 27.6 Å². The summed E-state index contributed by atoms with van der Waals surface area (Å²) in [5, 5.41) is 11.2. The largest absolute Gasteiger partial charge is 0.454 e. The standard InChI is InChI=1S/C18H12F3N3O5S/c1-8(25)9-2-13-14(29-7-28-13)4-12(9)23-16(27)6-30-17-10(5-22)11(18(19,20)21)3-15(26)24-17/h2-4H,6-7H2,1H3,(H,23,27)(H,24,26). The maximum absolute atomic E-state index is 13.1. The van der Waals surface area contributed by atoms with Crippen LogP contribution in [0.1, 0.15) is 28.4 Å². The Labute approximate surface area is 171 Å². The zero-order valence-electron chi connectivity index (χ0n) is 15.2. The van der Waals surface area contributed by atoms with E-state index < -0.39 is 34.5 Å². The second kappa shape index (κ2) is 8.11. The molecule has 1 aliphatic rings. The molecule has 0 fully saturated rings. The molecular formula is C18H12F3N3O5S. The van der Waals surface area contributed by atoms with Gasteiger partial charge in [0.1, 0.15) is 6.07 Å². The molecule has 0 saturated heterocycles. The van der Waals surface area contributed by atoms with Crippen molar-refractivity contribution >= 4 is 29.1 Å². The molecule has 1 aliphatic heterocycles. The number of thioether (sulfide) groups is 1. The molecule has 0 atom stereocenters. The van der Waals surface area contributed by atoms with Crippen molar-refractivity contribution in [2.45, 2.75) is 18.1 Å². The Morgan fingerprint density at radius 2 is 1.93 bits per heavy atom. The number of nitrogens with one attached hydrogen (secondary N) is 2. The molecule has 2 heterocycles. The van der Waals surface area contributed by atoms with E-state index in [4.69, 9.17) is 14.7 Å². The van der Waals surface area contributed by atoms with Crippen LogP contribution in [-0.2, 0) is 11.0 Å². The van der Waals surface area contributed by atoms with Gasteiger partial charge in [0.15, 0.2) is 17.3 Å². The van der Waals surface area contributed by atoms with Gasteiger partial charge in [-0.25, -0.2) is 0 Å². The number of aromatic nitrogens is 1. The van der Waals surface area contributed by atoms with Gasteiger partial charge in [-0.3, -0.25) is 14.4 Å². The van der Waals surface area contributed by atoms with Crippen LogP contribution in [0, 0.1) is 11.3 Å². The van der Waals surface area contributed by atoms with Gasteiger partial charge in [0, 0.05) is 17.7 Å². The molecule has 1 amide bonds. The summed E-state index contributed by atoms with van der Waals surface area (Å²) in [6.45, 7) is 1.24. The van der Waals surface area contributed by atoms with Gasteiger partial charge in [0.05, 0.1) is 27.6 Å². The summed E-state index contributed by atoms with van der Waals surface area (Å²) in [7, 11) is 0. The molecular weight excluding hydrogens is 427 g/mol. The molecule has 0 bridgehead atoms. The van der Waals surface area contributed by atoms with Crippen LogP contribution in [0.5, 0.6) is 11.5 Å². The van der Waals surface area contributed by atoms with E-state index in [1.165, 1.54) is 25.1 Å². The van der Waals surface area contributed by atoms with Gasteiger partial charge in [-0.15, -0.1) is 0 Å². The molecule has 2 aromatic rings. The SMILES string of the molecule is CC(=O)c1cc2c(cc1NC(=O)CSc1[nH]c(=O)cc(C(F)(F)F)c1C#N)OCO2. The summed E-state index contributed by atoms with van der Waals surface area (Å²) in [6, 6.07) is 4.50. The maximum Gasteiger partial charge on any atom is 0.417 e. The second-order valence-corrected chi connectivity index (χ2v) is 6.99. The van der Waals surface area contributed by atoms with Crippen LogP contribution in [0.4, 0.5) is 18.9 Å². The van der Waals surface area contributed by atoms with E-state index in [0.717, 1.165) is 0 Å². The molecule has 0 aliphatic carbocycles. The van der Waals surface area contributed by atoms with Gasteiger partial charge in [0.25, 0.3) is 0 Å². The van der Waals surface area contributed by atoms with Crippen LogP contribution in [0.3, 0.4) is 0 Å². The number of pyridine rings is 1. The van der Waals surface area contributed by atoms with Crippen molar-refractivity contribution in [3.8, 4) is 17.6 Å². The van der Waals surface area contributed by atoms with E-state index in [2.05, 4.69) is 10.3 Å². The summed E-state index contributed by atoms with van der Waals surface area (Å²) in [6.07, 6.45) is -4.90. The number of aromatic amines is 1. The van der Waals surface area contributed by atoms with E-state index in [-0.39, 0.29) is 34.9 Å². The highest BCUT2D eigenvalue weighted by Gasteiger charge is 2.35. The van der Waals surface area contributed by atoms with Crippen LogP contribution < -0.4 is 20.3 Å². The lowest BCUT2D eigenvalue weighted by Gasteiger charge is -2.12. The van der Waals surface area contributed by atoms with Crippen LogP contribution in [0.15, 0.2) is 28.0 Å². The topological polar surface area (TPSA) is 121 Å². The molecule has 0 spiro atoms. The van der Waals surface area contributed by atoms with Crippen molar-refractivity contribution in [2.24, 2.45) is 0 Å². The minimum absolute atomic E-state index is 0.0419. The number of fused-ring (bicyclic) bond motifs is 1. The number of hydrogen-bond acceptors (Lipinski definition) is 7. The number of nitrogens with zero attached hydrogens (tertiary/aromatic N) is 1. The number of ether oxygens (including phenoxy) is 2. The first-order valence-corrected chi connectivity index (χ1v) is 9.20. The van der Waals surface area contributed by atoms with Crippen LogP contribution in [-0.4, -0.2) is 29.2 Å². The number of alkyl halides is 3. The zero-order valence-corrected chi connectivity index (χ0v) is 16.0. The predicted molar refractivity (Wildman–Crippen MR) is 98.7 cm³/mol. The van der Waals surface area contributed by atoms with Gasteiger partial charge in [-0.2, -0.15) is 18.4 Å². The number of hydrogen-bond donors (Lipinski definition) is 2. The average molecular weight is 439 g/mol. The molecule has 1 aromatic carbocycles. The van der Waals surface area contributed by atoms with Crippen molar-refractivity contribution in [3.63, 3.8) is 0 Å². The predicted octanol–water partition coefficient (Wildman–Crippen LogP) is 2.93. The Kier molecular flexibility index (Phi) is 5.75. The van der Waals surface area contributed by atoms with Crippen LogP contribution >= 0.6 is 11.8 Å². The highest BCUT2D eigenvalue weighted by molar-refractivity contribution is 8.00. The van der Waals surface area contributed by atoms with Crippen molar-refractivity contribution < 1.29 is 32.2 Å². The van der Waals surface area contributed by atoms with Gasteiger partial charge >= 0.3 is 6.18 Å². The number of carbonyl (C=O) groups is 2. The van der Waals surface area contributed by atoms with Crippen LogP contribution in [0.2, 0.25) is 0 Å². The Hall–Kier alpha value is -3.46. The number of halogens is 3. The number of carbonyl (C=O) groups excluding carboxylic acids is 2. The third-order valence-corrected chi connectivity index (χ3v) is 4.94. The summed E-state index contributed by atoms with van der Waals surface area (Å²) >= 11 is 0.552. The fourth-order valence-corrected chi connectivity index (χ4v) is 3.46. The van der Waals surface area contributed by atoms with Crippen LogP contribution in [0.25, 0.3) is 0 Å². The number of H-pyrrole nitrogens is 1. The van der Waals surface area contributed by atoms with Gasteiger partial charge < -0.3 is 19.8 Å². The molecule has 0 radical (unpaired) electrons. The highest BCUT2D eigenvalue weighted by Crippen LogP contribution is 2.38. The van der Waals surface area contributed by atoms with E-state index in [1.807, 2.05) is 0 Å².